The number of hydrogen-bond donors (Lipinski definition) is 2. The fourth-order valence-corrected chi connectivity index (χ4v) is 3.30. The summed E-state index contributed by atoms with van der Waals surface area (Å²) in [5.74, 6) is -0.818. The number of piperidine rings is 1. The standard InChI is InChI=1S/C21H22N2O5/c1-28-18-10-9-15(13-17(18)23-11-5-4-8-20(23)25)22-19(24)12-14-6-2-3-7-16(14)21(26)27/h2-3,6-7,9-10,13H,4-5,8,11-12H2,1H3,(H,22,24)(H,26,27). The van der Waals surface area contributed by atoms with E-state index in [0.717, 1.165) is 12.8 Å². The molecule has 3 rings (SSSR count). The number of ether oxygens (including phenoxy) is 1. The zero-order chi connectivity index (χ0) is 20.1. The summed E-state index contributed by atoms with van der Waals surface area (Å²) >= 11 is 0. The first kappa shape index (κ1) is 19.4. The molecule has 28 heavy (non-hydrogen) atoms. The predicted octanol–water partition coefficient (Wildman–Crippen LogP) is 3.09. The quantitative estimate of drug-likeness (QED) is 0.800. The van der Waals surface area contributed by atoms with Gasteiger partial charge in [-0.05, 0) is 42.7 Å². The molecular weight excluding hydrogens is 360 g/mol. The molecule has 0 aliphatic carbocycles. The highest BCUT2D eigenvalue weighted by atomic mass is 16.5. The van der Waals surface area contributed by atoms with Crippen LogP contribution in [-0.4, -0.2) is 36.5 Å². The van der Waals surface area contributed by atoms with Crippen molar-refractivity contribution >= 4 is 29.2 Å². The topological polar surface area (TPSA) is 95.9 Å². The molecule has 0 radical (unpaired) electrons. The van der Waals surface area contributed by atoms with Crippen molar-refractivity contribution in [1.82, 2.24) is 0 Å². The predicted molar refractivity (Wildman–Crippen MR) is 105 cm³/mol. The van der Waals surface area contributed by atoms with Crippen molar-refractivity contribution in [2.45, 2.75) is 25.7 Å². The number of carboxylic acids is 1. The maximum atomic E-state index is 12.4. The Balaban J connectivity index is 1.79. The summed E-state index contributed by atoms with van der Waals surface area (Å²) in [6, 6.07) is 11.5. The maximum absolute atomic E-state index is 12.4. The van der Waals surface area contributed by atoms with Crippen LogP contribution in [-0.2, 0) is 16.0 Å². The van der Waals surface area contributed by atoms with E-state index in [-0.39, 0.29) is 23.8 Å². The lowest BCUT2D eigenvalue weighted by Gasteiger charge is -2.28. The second-order valence-electron chi connectivity index (χ2n) is 6.58. The molecular formula is C21H22N2O5. The third-order valence-corrected chi connectivity index (χ3v) is 4.68. The summed E-state index contributed by atoms with van der Waals surface area (Å²) in [7, 11) is 1.54. The molecule has 1 heterocycles. The second kappa shape index (κ2) is 8.56. The Kier molecular flexibility index (Phi) is 5.93. The van der Waals surface area contributed by atoms with Crippen LogP contribution in [0.5, 0.6) is 5.75 Å². The Morgan fingerprint density at radius 3 is 2.68 bits per heavy atom. The number of hydrogen-bond acceptors (Lipinski definition) is 4. The van der Waals surface area contributed by atoms with Crippen LogP contribution in [0.3, 0.4) is 0 Å². The Morgan fingerprint density at radius 1 is 1.18 bits per heavy atom. The fourth-order valence-electron chi connectivity index (χ4n) is 3.30. The van der Waals surface area contributed by atoms with E-state index in [0.29, 0.717) is 35.7 Å². The van der Waals surface area contributed by atoms with Crippen LogP contribution in [0, 0.1) is 0 Å². The molecule has 0 saturated carbocycles. The highest BCUT2D eigenvalue weighted by Gasteiger charge is 2.23. The zero-order valence-corrected chi connectivity index (χ0v) is 15.6. The molecule has 0 unspecified atom stereocenters. The minimum Gasteiger partial charge on any atom is -0.495 e. The van der Waals surface area contributed by atoms with Gasteiger partial charge in [0.2, 0.25) is 11.8 Å². The number of amides is 2. The van der Waals surface area contributed by atoms with E-state index in [1.54, 1.807) is 41.3 Å². The number of nitrogens with zero attached hydrogens (tertiary/aromatic N) is 1. The first-order valence-corrected chi connectivity index (χ1v) is 9.09. The summed E-state index contributed by atoms with van der Waals surface area (Å²) in [6.07, 6.45) is 2.21. The molecule has 7 heteroatoms. The maximum Gasteiger partial charge on any atom is 0.335 e. The van der Waals surface area contributed by atoms with Crippen LogP contribution in [0.2, 0.25) is 0 Å². The van der Waals surface area contributed by atoms with Crippen LogP contribution in [0.25, 0.3) is 0 Å². The molecule has 0 atom stereocenters. The molecule has 146 valence electrons. The third-order valence-electron chi connectivity index (χ3n) is 4.68. The monoisotopic (exact) mass is 382 g/mol. The third kappa shape index (κ3) is 4.31. The number of aromatic carboxylic acids is 1. The molecule has 0 spiro atoms. The van der Waals surface area contributed by atoms with Gasteiger partial charge >= 0.3 is 5.97 Å². The summed E-state index contributed by atoms with van der Waals surface area (Å²) in [6.45, 7) is 0.610. The molecule has 0 aromatic heterocycles. The number of carbonyl (C=O) groups excluding carboxylic acids is 2. The molecule has 2 N–H and O–H groups in total. The zero-order valence-electron chi connectivity index (χ0n) is 15.6. The van der Waals surface area contributed by atoms with E-state index >= 15 is 0 Å². The normalized spacial score (nSPS) is 13.9. The molecule has 0 bridgehead atoms. The Hall–Kier alpha value is -3.35. The van der Waals surface area contributed by atoms with Crippen molar-refractivity contribution in [3.8, 4) is 5.75 Å². The minimum absolute atomic E-state index is 0.0309. The van der Waals surface area contributed by atoms with E-state index in [1.807, 2.05) is 0 Å². The van der Waals surface area contributed by atoms with Crippen LogP contribution in [0.15, 0.2) is 42.5 Å². The van der Waals surface area contributed by atoms with Crippen LogP contribution < -0.4 is 15.0 Å². The van der Waals surface area contributed by atoms with Gasteiger partial charge in [-0.3, -0.25) is 9.59 Å². The van der Waals surface area contributed by atoms with E-state index < -0.39 is 5.97 Å². The smallest absolute Gasteiger partial charge is 0.335 e. The minimum atomic E-state index is -1.07. The van der Waals surface area contributed by atoms with Crippen LogP contribution in [0.4, 0.5) is 11.4 Å². The molecule has 1 aliphatic rings. The molecule has 7 nitrogen and oxygen atoms in total. The van der Waals surface area contributed by atoms with Gasteiger partial charge in [0.1, 0.15) is 5.75 Å². The van der Waals surface area contributed by atoms with Gasteiger partial charge in [-0.2, -0.15) is 0 Å². The molecule has 1 fully saturated rings. The van der Waals surface area contributed by atoms with Gasteiger partial charge in [-0.25, -0.2) is 4.79 Å². The average molecular weight is 382 g/mol. The van der Waals surface area contributed by atoms with Gasteiger partial charge in [-0.15, -0.1) is 0 Å². The number of anilines is 2. The van der Waals surface area contributed by atoms with E-state index in [4.69, 9.17) is 4.74 Å². The second-order valence-corrected chi connectivity index (χ2v) is 6.58. The van der Waals surface area contributed by atoms with E-state index in [9.17, 15) is 19.5 Å². The number of carbonyl (C=O) groups is 3. The fraction of sp³-hybridized carbons (Fsp3) is 0.286. The highest BCUT2D eigenvalue weighted by molar-refractivity contribution is 5.99. The summed E-state index contributed by atoms with van der Waals surface area (Å²) < 4.78 is 5.37. The van der Waals surface area contributed by atoms with Crippen molar-refractivity contribution in [2.75, 3.05) is 23.9 Å². The Morgan fingerprint density at radius 2 is 1.96 bits per heavy atom. The number of rotatable bonds is 6. The van der Waals surface area contributed by atoms with Crippen molar-refractivity contribution in [2.24, 2.45) is 0 Å². The van der Waals surface area contributed by atoms with Gasteiger partial charge in [0.25, 0.3) is 0 Å². The lowest BCUT2D eigenvalue weighted by atomic mass is 10.0. The van der Waals surface area contributed by atoms with Gasteiger partial charge in [0.05, 0.1) is 24.8 Å². The lowest BCUT2D eigenvalue weighted by molar-refractivity contribution is -0.119. The van der Waals surface area contributed by atoms with Crippen molar-refractivity contribution in [1.29, 1.82) is 0 Å². The first-order chi connectivity index (χ1) is 13.5. The Labute approximate surface area is 162 Å². The molecule has 2 amide bonds. The van der Waals surface area contributed by atoms with Crippen molar-refractivity contribution < 1.29 is 24.2 Å². The average Bonchev–Trinajstić information content (AvgIpc) is 2.68. The molecule has 2 aromatic rings. The Bertz CT molecular complexity index is 909. The van der Waals surface area contributed by atoms with Gasteiger partial charge in [-0.1, -0.05) is 18.2 Å². The van der Waals surface area contributed by atoms with E-state index in [2.05, 4.69) is 5.32 Å². The summed E-state index contributed by atoms with van der Waals surface area (Å²) in [5.41, 5.74) is 1.68. The van der Waals surface area contributed by atoms with Gasteiger partial charge < -0.3 is 20.1 Å². The molecule has 1 saturated heterocycles. The number of benzene rings is 2. The summed E-state index contributed by atoms with van der Waals surface area (Å²) in [5, 5.41) is 12.0. The largest absolute Gasteiger partial charge is 0.495 e. The summed E-state index contributed by atoms with van der Waals surface area (Å²) in [4.78, 5) is 37.7. The SMILES string of the molecule is COc1ccc(NC(=O)Cc2ccccc2C(=O)O)cc1N1CCCCC1=O. The van der Waals surface area contributed by atoms with Gasteiger partial charge in [0.15, 0.2) is 0 Å². The lowest BCUT2D eigenvalue weighted by Crippen LogP contribution is -2.35. The molecule has 2 aromatic carbocycles. The number of methoxy groups -OCH3 is 1. The first-order valence-electron chi connectivity index (χ1n) is 9.09. The van der Waals surface area contributed by atoms with Crippen LogP contribution >= 0.6 is 0 Å². The van der Waals surface area contributed by atoms with Crippen molar-refractivity contribution in [3.05, 3.63) is 53.6 Å². The van der Waals surface area contributed by atoms with Gasteiger partial charge in [0, 0.05) is 18.7 Å². The number of nitrogens with one attached hydrogen (secondary N) is 1. The number of carboxylic acid groups (broad SMARTS) is 1. The van der Waals surface area contributed by atoms with E-state index in [1.165, 1.54) is 13.2 Å². The van der Waals surface area contributed by atoms with Crippen molar-refractivity contribution in [3.63, 3.8) is 0 Å². The van der Waals surface area contributed by atoms with Crippen LogP contribution in [0.1, 0.15) is 35.2 Å². The highest BCUT2D eigenvalue weighted by Crippen LogP contribution is 2.33. The molecule has 1 aliphatic heterocycles.